The van der Waals surface area contributed by atoms with Gasteiger partial charge in [-0.25, -0.2) is 15.0 Å². The number of aryl methyl sites for hydroxylation is 1. The van der Waals surface area contributed by atoms with Crippen molar-refractivity contribution in [1.82, 2.24) is 23.9 Å². The average molecular weight is 518 g/mol. The van der Waals surface area contributed by atoms with Gasteiger partial charge in [-0.1, -0.05) is 67.6 Å². The first-order chi connectivity index (χ1) is 19.8. The van der Waals surface area contributed by atoms with Crippen LogP contribution in [0, 0.1) is 0 Å². The molecule has 4 aromatic heterocycles. The van der Waals surface area contributed by atoms with Crippen molar-refractivity contribution in [1.29, 1.82) is 0 Å². The first kappa shape index (κ1) is 22.9. The van der Waals surface area contributed by atoms with E-state index in [2.05, 4.69) is 94.8 Å². The van der Waals surface area contributed by atoms with E-state index in [1.807, 2.05) is 30.5 Å². The number of imidazole rings is 2. The molecule has 0 spiro atoms. The van der Waals surface area contributed by atoms with Gasteiger partial charge in [0.25, 0.3) is 0 Å². The molecule has 0 bridgehead atoms. The fourth-order valence-electron chi connectivity index (χ4n) is 6.07. The van der Waals surface area contributed by atoms with Crippen molar-refractivity contribution in [3.8, 4) is 5.69 Å². The molecule has 192 valence electrons. The average Bonchev–Trinajstić information content (AvgIpc) is 3.59. The van der Waals surface area contributed by atoms with Crippen LogP contribution in [0.2, 0.25) is 0 Å². The van der Waals surface area contributed by atoms with Gasteiger partial charge >= 0.3 is 0 Å². The first-order valence-electron chi connectivity index (χ1n) is 13.9. The summed E-state index contributed by atoms with van der Waals surface area (Å²) in [7, 11) is 0. The summed E-state index contributed by atoms with van der Waals surface area (Å²) in [5, 5.41) is 2.30. The second-order valence-electron chi connectivity index (χ2n) is 10.3. The number of nitrogens with zero attached hydrogens (tertiary/aromatic N) is 5. The highest BCUT2D eigenvalue weighted by atomic mass is 15.1. The van der Waals surface area contributed by atoms with Crippen LogP contribution >= 0.6 is 0 Å². The lowest BCUT2D eigenvalue weighted by molar-refractivity contribution is 0.908. The molecule has 0 unspecified atom stereocenters. The number of rotatable bonds is 4. The van der Waals surface area contributed by atoms with E-state index in [4.69, 9.17) is 15.0 Å². The maximum absolute atomic E-state index is 5.23. The summed E-state index contributed by atoms with van der Waals surface area (Å²) in [5.41, 5.74) is 10.9. The molecule has 0 saturated carbocycles. The summed E-state index contributed by atoms with van der Waals surface area (Å²) in [6.07, 6.45) is 9.54. The molecule has 3 aromatic carbocycles. The molecule has 1 aliphatic carbocycles. The van der Waals surface area contributed by atoms with Gasteiger partial charge in [0.1, 0.15) is 17.0 Å². The zero-order valence-electron chi connectivity index (χ0n) is 22.2. The van der Waals surface area contributed by atoms with Crippen molar-refractivity contribution < 1.29 is 0 Å². The van der Waals surface area contributed by atoms with Gasteiger partial charge in [-0.3, -0.25) is 8.97 Å². The second kappa shape index (κ2) is 9.02. The molecule has 0 N–H and O–H groups in total. The summed E-state index contributed by atoms with van der Waals surface area (Å²) >= 11 is 0. The number of fused-ring (bicyclic) bond motifs is 6. The minimum Gasteiger partial charge on any atom is -0.296 e. The van der Waals surface area contributed by atoms with Gasteiger partial charge in [-0.2, -0.15) is 0 Å². The van der Waals surface area contributed by atoms with Gasteiger partial charge < -0.3 is 0 Å². The largest absolute Gasteiger partial charge is 0.296 e. The Morgan fingerprint density at radius 1 is 0.775 bits per heavy atom. The summed E-state index contributed by atoms with van der Waals surface area (Å²) in [4.78, 5) is 15.0. The van der Waals surface area contributed by atoms with Crippen LogP contribution in [0.4, 0.5) is 0 Å². The predicted molar refractivity (Wildman–Crippen MR) is 164 cm³/mol. The van der Waals surface area contributed by atoms with E-state index >= 15 is 0 Å². The smallest absolute Gasteiger partial charge is 0.165 e. The highest BCUT2D eigenvalue weighted by Gasteiger charge is 2.18. The van der Waals surface area contributed by atoms with Crippen LogP contribution < -0.4 is 0 Å². The molecule has 1 aliphatic rings. The molecule has 5 heteroatoms. The molecular formula is C35H27N5. The van der Waals surface area contributed by atoms with Gasteiger partial charge in [0.2, 0.25) is 0 Å². The minimum absolute atomic E-state index is 0.880. The number of hydrogen-bond acceptors (Lipinski definition) is 3. The lowest BCUT2D eigenvalue weighted by atomic mass is 9.91. The zero-order chi connectivity index (χ0) is 26.6. The highest BCUT2D eigenvalue weighted by molar-refractivity contribution is 6.08. The van der Waals surface area contributed by atoms with Crippen molar-refractivity contribution in [2.45, 2.75) is 26.2 Å². The van der Waals surface area contributed by atoms with Crippen molar-refractivity contribution in [2.24, 2.45) is 0 Å². The SMILES string of the molecule is CCc1nc2ccccc2n1-c1ccc(C2=CCCC(c3nc4c(nc5ccccn54)c4ccccc34)=C2)cc1. The normalized spacial score (nSPS) is 13.8. The molecule has 5 nitrogen and oxygen atoms in total. The molecule has 0 radical (unpaired) electrons. The Balaban J connectivity index is 1.22. The number of aromatic nitrogens is 5. The predicted octanol–water partition coefficient (Wildman–Crippen LogP) is 8.20. The summed E-state index contributed by atoms with van der Waals surface area (Å²) in [6.45, 7) is 2.16. The van der Waals surface area contributed by atoms with Gasteiger partial charge in [0, 0.05) is 29.1 Å². The summed E-state index contributed by atoms with van der Waals surface area (Å²) in [6, 6.07) is 31.9. The van der Waals surface area contributed by atoms with Crippen molar-refractivity contribution in [3.63, 3.8) is 0 Å². The molecule has 0 fully saturated rings. The molecule has 8 rings (SSSR count). The second-order valence-corrected chi connectivity index (χ2v) is 10.3. The molecule has 40 heavy (non-hydrogen) atoms. The molecular weight excluding hydrogens is 490 g/mol. The summed E-state index contributed by atoms with van der Waals surface area (Å²) in [5.74, 6) is 1.08. The highest BCUT2D eigenvalue weighted by Crippen LogP contribution is 2.36. The Kier molecular flexibility index (Phi) is 5.17. The van der Waals surface area contributed by atoms with E-state index in [1.54, 1.807) is 0 Å². The van der Waals surface area contributed by atoms with Gasteiger partial charge in [-0.15, -0.1) is 0 Å². The number of pyridine rings is 2. The van der Waals surface area contributed by atoms with E-state index in [-0.39, 0.29) is 0 Å². The third-order valence-electron chi connectivity index (χ3n) is 7.98. The topological polar surface area (TPSA) is 48.0 Å². The molecule has 0 amide bonds. The molecule has 7 aromatic rings. The quantitative estimate of drug-likeness (QED) is 0.236. The Morgan fingerprint density at radius 2 is 1.57 bits per heavy atom. The number of benzene rings is 3. The maximum atomic E-state index is 5.23. The monoisotopic (exact) mass is 517 g/mol. The van der Waals surface area contributed by atoms with Crippen molar-refractivity contribution in [3.05, 3.63) is 126 Å². The van der Waals surface area contributed by atoms with Crippen molar-refractivity contribution >= 4 is 49.8 Å². The molecule has 0 aliphatic heterocycles. The van der Waals surface area contributed by atoms with Crippen LogP contribution in [0.3, 0.4) is 0 Å². The molecule has 4 heterocycles. The Morgan fingerprint density at radius 3 is 2.45 bits per heavy atom. The fourth-order valence-corrected chi connectivity index (χ4v) is 6.07. The number of para-hydroxylation sites is 2. The molecule has 0 saturated heterocycles. The van der Waals surface area contributed by atoms with Crippen LogP contribution in [0.5, 0.6) is 0 Å². The maximum Gasteiger partial charge on any atom is 0.165 e. The summed E-state index contributed by atoms with van der Waals surface area (Å²) < 4.78 is 4.37. The van der Waals surface area contributed by atoms with Crippen LogP contribution in [0.25, 0.3) is 55.5 Å². The van der Waals surface area contributed by atoms with Gasteiger partial charge in [-0.05, 0) is 72.0 Å². The van der Waals surface area contributed by atoms with E-state index in [9.17, 15) is 0 Å². The van der Waals surface area contributed by atoms with Crippen LogP contribution in [0.15, 0.2) is 109 Å². The van der Waals surface area contributed by atoms with Crippen LogP contribution in [-0.4, -0.2) is 23.9 Å². The Hall–Kier alpha value is -5.03. The van der Waals surface area contributed by atoms with Crippen LogP contribution in [0.1, 0.15) is 36.8 Å². The van der Waals surface area contributed by atoms with Crippen LogP contribution in [-0.2, 0) is 6.42 Å². The third kappa shape index (κ3) is 3.51. The third-order valence-corrected chi connectivity index (χ3v) is 7.98. The Bertz CT molecular complexity index is 2140. The Labute approximate surface area is 231 Å². The van der Waals surface area contributed by atoms with Crippen molar-refractivity contribution in [2.75, 3.05) is 0 Å². The van der Waals surface area contributed by atoms with Gasteiger partial charge in [0.15, 0.2) is 5.65 Å². The van der Waals surface area contributed by atoms with Gasteiger partial charge in [0.05, 0.1) is 16.7 Å². The molecule has 0 atom stereocenters. The first-order valence-corrected chi connectivity index (χ1v) is 13.9. The van der Waals surface area contributed by atoms with E-state index in [0.29, 0.717) is 0 Å². The standard InChI is InChI=1S/C35H27N5/c1-2-31-36-29-14-5-6-15-30(29)40(31)26-19-17-23(18-20-26)24-10-9-11-25(22-24)33-27-12-3-4-13-28(27)34-35(38-33)39-21-8-7-16-32(39)37-34/h3-8,10,12-22H,2,9,11H2,1H3. The fraction of sp³-hybridized carbons (Fsp3) is 0.114. The van der Waals surface area contributed by atoms with E-state index in [0.717, 1.165) is 75.1 Å². The minimum atomic E-state index is 0.880. The van der Waals surface area contributed by atoms with E-state index in [1.165, 1.54) is 16.7 Å². The number of allylic oxidation sites excluding steroid dienone is 4. The number of hydrogen-bond donors (Lipinski definition) is 0. The van der Waals surface area contributed by atoms with E-state index < -0.39 is 0 Å². The lowest BCUT2D eigenvalue weighted by Crippen LogP contribution is -2.01. The lowest BCUT2D eigenvalue weighted by Gasteiger charge is -2.17. The zero-order valence-corrected chi connectivity index (χ0v) is 22.2.